The van der Waals surface area contributed by atoms with E-state index in [9.17, 15) is 18.0 Å². The smallest absolute Gasteiger partial charge is 0.298 e. The van der Waals surface area contributed by atoms with Crippen molar-refractivity contribution in [1.29, 1.82) is 0 Å². The third-order valence-electron chi connectivity index (χ3n) is 3.85. The van der Waals surface area contributed by atoms with Crippen molar-refractivity contribution in [1.82, 2.24) is 4.98 Å². The van der Waals surface area contributed by atoms with Crippen molar-refractivity contribution < 1.29 is 18.0 Å². The molecule has 0 atom stereocenters. The molecule has 0 unspecified atom stereocenters. The van der Waals surface area contributed by atoms with Crippen LogP contribution in [0.3, 0.4) is 0 Å². The van der Waals surface area contributed by atoms with Crippen molar-refractivity contribution in [2.45, 2.75) is 19.5 Å². The standard InChI is InChI=1S/C19H14BrF3N2OS/c1-11-16(10-12-5-4-6-13(9-12)19(21,22)23)27-18(24-11)25-17(26)14-7-2-3-8-15(14)20/h2-9H,10H2,1H3,(H,24,25,26). The molecule has 140 valence electrons. The van der Waals surface area contributed by atoms with Gasteiger partial charge in [0.15, 0.2) is 5.13 Å². The van der Waals surface area contributed by atoms with Crippen molar-refractivity contribution in [3.63, 3.8) is 0 Å². The number of nitrogens with zero attached hydrogens (tertiary/aromatic N) is 1. The Morgan fingerprint density at radius 2 is 1.93 bits per heavy atom. The molecule has 0 saturated carbocycles. The third kappa shape index (κ3) is 4.75. The maximum atomic E-state index is 12.9. The fourth-order valence-electron chi connectivity index (χ4n) is 2.50. The Kier molecular flexibility index (Phi) is 5.67. The molecule has 0 aliphatic carbocycles. The highest BCUT2D eigenvalue weighted by Gasteiger charge is 2.30. The lowest BCUT2D eigenvalue weighted by Crippen LogP contribution is -2.12. The van der Waals surface area contributed by atoms with Crippen LogP contribution in [0.4, 0.5) is 18.3 Å². The van der Waals surface area contributed by atoms with Crippen LogP contribution < -0.4 is 5.32 Å². The van der Waals surface area contributed by atoms with Gasteiger partial charge in [0.2, 0.25) is 0 Å². The summed E-state index contributed by atoms with van der Waals surface area (Å²) in [5, 5.41) is 3.15. The van der Waals surface area contributed by atoms with Crippen molar-refractivity contribution in [2.75, 3.05) is 5.32 Å². The molecule has 0 fully saturated rings. The number of alkyl halides is 3. The summed E-state index contributed by atoms with van der Waals surface area (Å²) in [6.45, 7) is 1.77. The van der Waals surface area contributed by atoms with Crippen molar-refractivity contribution >= 4 is 38.3 Å². The summed E-state index contributed by atoms with van der Waals surface area (Å²) in [6, 6.07) is 12.2. The molecule has 0 aliphatic rings. The molecule has 8 heteroatoms. The summed E-state index contributed by atoms with van der Waals surface area (Å²) in [6.07, 6.45) is -4.06. The topological polar surface area (TPSA) is 42.0 Å². The van der Waals surface area contributed by atoms with Crippen LogP contribution in [0.25, 0.3) is 0 Å². The second-order valence-electron chi connectivity index (χ2n) is 5.84. The van der Waals surface area contributed by atoms with E-state index in [1.165, 1.54) is 17.4 Å². The first-order valence-corrected chi connectivity index (χ1v) is 9.53. The molecular formula is C19H14BrF3N2OS. The van der Waals surface area contributed by atoms with Crippen molar-refractivity contribution in [2.24, 2.45) is 0 Å². The average molecular weight is 455 g/mol. The van der Waals surface area contributed by atoms with E-state index in [-0.39, 0.29) is 5.91 Å². The molecule has 3 nitrogen and oxygen atoms in total. The number of halogens is 4. The fraction of sp³-hybridized carbons (Fsp3) is 0.158. The lowest BCUT2D eigenvalue weighted by Gasteiger charge is -2.08. The van der Waals surface area contributed by atoms with Gasteiger partial charge in [-0.3, -0.25) is 10.1 Å². The van der Waals surface area contributed by atoms with Gasteiger partial charge in [-0.05, 0) is 46.6 Å². The van der Waals surface area contributed by atoms with Crippen LogP contribution in [0.1, 0.15) is 32.1 Å². The molecule has 2 aromatic carbocycles. The summed E-state index contributed by atoms with van der Waals surface area (Å²) in [7, 11) is 0. The molecule has 1 aromatic heterocycles. The number of aromatic nitrogens is 1. The van der Waals surface area contributed by atoms with E-state index in [0.717, 1.165) is 17.0 Å². The zero-order valence-corrected chi connectivity index (χ0v) is 16.5. The highest BCUT2D eigenvalue weighted by Crippen LogP contribution is 2.31. The summed E-state index contributed by atoms with van der Waals surface area (Å²) in [5.41, 5.74) is 1.02. The monoisotopic (exact) mass is 454 g/mol. The number of anilines is 1. The van der Waals surface area contributed by atoms with Crippen LogP contribution in [0.5, 0.6) is 0 Å². The van der Waals surface area contributed by atoms with E-state index < -0.39 is 11.7 Å². The molecule has 1 amide bonds. The molecule has 0 saturated heterocycles. The molecule has 27 heavy (non-hydrogen) atoms. The molecule has 0 bridgehead atoms. The predicted octanol–water partition coefficient (Wildman–Crippen LogP) is 6.08. The number of nitrogens with one attached hydrogen (secondary N) is 1. The Morgan fingerprint density at radius 3 is 2.63 bits per heavy atom. The molecule has 0 spiro atoms. The van der Waals surface area contributed by atoms with Gasteiger partial charge in [-0.25, -0.2) is 4.98 Å². The first kappa shape index (κ1) is 19.6. The van der Waals surface area contributed by atoms with Gasteiger partial charge in [-0.2, -0.15) is 13.2 Å². The van der Waals surface area contributed by atoms with Crippen LogP contribution in [0, 0.1) is 6.92 Å². The van der Waals surface area contributed by atoms with Crippen LogP contribution in [-0.4, -0.2) is 10.9 Å². The summed E-state index contributed by atoms with van der Waals surface area (Å²) in [4.78, 5) is 17.5. The molecule has 3 aromatic rings. The van der Waals surface area contributed by atoms with Crippen molar-refractivity contribution in [3.8, 4) is 0 Å². The largest absolute Gasteiger partial charge is 0.416 e. The van der Waals surface area contributed by atoms with Crippen LogP contribution in [0.15, 0.2) is 53.0 Å². The fourth-order valence-corrected chi connectivity index (χ4v) is 3.96. The minimum Gasteiger partial charge on any atom is -0.298 e. The van der Waals surface area contributed by atoms with Gasteiger partial charge in [0.05, 0.1) is 16.8 Å². The van der Waals surface area contributed by atoms with E-state index in [4.69, 9.17) is 0 Å². The highest BCUT2D eigenvalue weighted by molar-refractivity contribution is 9.10. The van der Waals surface area contributed by atoms with Gasteiger partial charge in [0.1, 0.15) is 0 Å². The maximum Gasteiger partial charge on any atom is 0.416 e. The van der Waals surface area contributed by atoms with Gasteiger partial charge in [0.25, 0.3) is 5.91 Å². The summed E-state index contributed by atoms with van der Waals surface area (Å²) in [5.74, 6) is -0.304. The number of carbonyl (C=O) groups excluding carboxylic acids is 1. The molecular weight excluding hydrogens is 441 g/mol. The minimum absolute atomic E-state index is 0.304. The SMILES string of the molecule is Cc1nc(NC(=O)c2ccccc2Br)sc1Cc1cccc(C(F)(F)F)c1. The van der Waals surface area contributed by atoms with Gasteiger partial charge in [0, 0.05) is 15.8 Å². The molecule has 0 aliphatic heterocycles. The second-order valence-corrected chi connectivity index (χ2v) is 7.77. The average Bonchev–Trinajstić information content (AvgIpc) is 2.93. The first-order valence-electron chi connectivity index (χ1n) is 7.92. The Morgan fingerprint density at radius 1 is 1.19 bits per heavy atom. The quantitative estimate of drug-likeness (QED) is 0.519. The van der Waals surface area contributed by atoms with Crippen LogP contribution in [0.2, 0.25) is 0 Å². The van der Waals surface area contributed by atoms with E-state index in [1.54, 1.807) is 31.2 Å². The highest BCUT2D eigenvalue weighted by atomic mass is 79.9. The van der Waals surface area contributed by atoms with Gasteiger partial charge in [-0.15, -0.1) is 11.3 Å². The molecule has 1 heterocycles. The third-order valence-corrected chi connectivity index (χ3v) is 5.61. The number of thiazole rings is 1. The zero-order valence-electron chi connectivity index (χ0n) is 14.1. The van der Waals surface area contributed by atoms with Crippen LogP contribution >= 0.6 is 27.3 Å². The Labute approximate surface area is 166 Å². The Balaban J connectivity index is 1.77. The Bertz CT molecular complexity index is 985. The predicted molar refractivity (Wildman–Crippen MR) is 103 cm³/mol. The number of hydrogen-bond acceptors (Lipinski definition) is 3. The van der Waals surface area contributed by atoms with E-state index in [0.29, 0.717) is 32.8 Å². The normalized spacial score (nSPS) is 11.4. The zero-order chi connectivity index (χ0) is 19.6. The number of amides is 1. The first-order chi connectivity index (χ1) is 12.7. The van der Waals surface area contributed by atoms with Gasteiger partial charge < -0.3 is 0 Å². The Hall–Kier alpha value is -2.19. The number of aryl methyl sites for hydroxylation is 1. The maximum absolute atomic E-state index is 12.9. The number of carbonyl (C=O) groups is 1. The summed E-state index contributed by atoms with van der Waals surface area (Å²) >= 11 is 4.58. The summed E-state index contributed by atoms with van der Waals surface area (Å²) < 4.78 is 39.3. The molecule has 3 rings (SSSR count). The molecule has 1 N–H and O–H groups in total. The molecule has 0 radical (unpaired) electrons. The number of benzene rings is 2. The van der Waals surface area contributed by atoms with Gasteiger partial charge in [-0.1, -0.05) is 30.3 Å². The lowest BCUT2D eigenvalue weighted by molar-refractivity contribution is -0.137. The van der Waals surface area contributed by atoms with Crippen molar-refractivity contribution in [3.05, 3.63) is 80.3 Å². The number of hydrogen-bond donors (Lipinski definition) is 1. The number of rotatable bonds is 4. The van der Waals surface area contributed by atoms with E-state index >= 15 is 0 Å². The minimum atomic E-state index is -4.37. The van der Waals surface area contributed by atoms with Crippen LogP contribution in [-0.2, 0) is 12.6 Å². The lowest BCUT2D eigenvalue weighted by atomic mass is 10.1. The van der Waals surface area contributed by atoms with E-state index in [1.807, 2.05) is 6.07 Å². The second kappa shape index (κ2) is 7.82. The van der Waals surface area contributed by atoms with E-state index in [2.05, 4.69) is 26.2 Å². The van der Waals surface area contributed by atoms with Gasteiger partial charge >= 0.3 is 6.18 Å².